The van der Waals surface area contributed by atoms with Crippen LogP contribution in [0.5, 0.6) is 0 Å². The minimum atomic E-state index is -0.668. The van der Waals surface area contributed by atoms with Crippen LogP contribution in [-0.4, -0.2) is 47.4 Å². The van der Waals surface area contributed by atoms with Crippen molar-refractivity contribution < 1.29 is 24.5 Å². The van der Waals surface area contributed by atoms with Gasteiger partial charge < -0.3 is 20.3 Å². The quantitative estimate of drug-likeness (QED) is 0.0320. The Morgan fingerprint density at radius 3 is 0.899 bits per heavy atom. The van der Waals surface area contributed by atoms with Gasteiger partial charge in [0.05, 0.1) is 25.4 Å². The van der Waals surface area contributed by atoms with Crippen molar-refractivity contribution >= 4 is 11.9 Å². The first kappa shape index (κ1) is 77.3. The third kappa shape index (κ3) is 65.4. The Morgan fingerprint density at radius 2 is 0.595 bits per heavy atom. The van der Waals surface area contributed by atoms with E-state index in [-0.39, 0.29) is 18.5 Å². The highest BCUT2D eigenvalue weighted by Crippen LogP contribution is 2.19. The normalized spacial score (nSPS) is 12.6. The molecular formula is C73H141NO5. The Bertz CT molecular complexity index is 1230. The molecule has 0 aliphatic rings. The van der Waals surface area contributed by atoms with Crippen molar-refractivity contribution in [2.45, 2.75) is 418 Å². The average Bonchev–Trinajstić information content (AvgIpc) is 3.45. The third-order valence-electron chi connectivity index (χ3n) is 17.0. The number of esters is 1. The predicted octanol–water partition coefficient (Wildman–Crippen LogP) is 23.3. The number of aliphatic hydroxyl groups excluding tert-OH is 2. The minimum absolute atomic E-state index is 0.00581. The molecule has 0 aromatic carbocycles. The van der Waals surface area contributed by atoms with Crippen molar-refractivity contribution in [2.75, 3.05) is 13.2 Å². The van der Waals surface area contributed by atoms with E-state index in [9.17, 15) is 19.8 Å². The summed E-state index contributed by atoms with van der Waals surface area (Å²) >= 11 is 0. The van der Waals surface area contributed by atoms with Gasteiger partial charge in [-0.25, -0.2) is 0 Å². The van der Waals surface area contributed by atoms with E-state index in [2.05, 4.69) is 43.5 Å². The number of unbranched alkanes of at least 4 members (excludes halogenated alkanes) is 53. The minimum Gasteiger partial charge on any atom is -0.466 e. The number of amides is 1. The van der Waals surface area contributed by atoms with E-state index < -0.39 is 12.1 Å². The smallest absolute Gasteiger partial charge is 0.305 e. The van der Waals surface area contributed by atoms with Crippen LogP contribution in [0.25, 0.3) is 0 Å². The van der Waals surface area contributed by atoms with Crippen molar-refractivity contribution in [1.82, 2.24) is 5.32 Å². The molecule has 6 heteroatoms. The number of rotatable bonds is 68. The molecule has 1 amide bonds. The number of aliphatic hydroxyl groups is 2. The van der Waals surface area contributed by atoms with Crippen LogP contribution in [0.1, 0.15) is 406 Å². The van der Waals surface area contributed by atoms with Gasteiger partial charge in [-0.15, -0.1) is 0 Å². The maximum Gasteiger partial charge on any atom is 0.305 e. The molecule has 0 aliphatic carbocycles. The molecular weight excluding hydrogens is 971 g/mol. The highest BCUT2D eigenvalue weighted by atomic mass is 16.5. The van der Waals surface area contributed by atoms with Gasteiger partial charge in [-0.2, -0.15) is 0 Å². The van der Waals surface area contributed by atoms with Gasteiger partial charge in [0.15, 0.2) is 0 Å². The fourth-order valence-electron chi connectivity index (χ4n) is 11.5. The molecule has 0 spiro atoms. The summed E-state index contributed by atoms with van der Waals surface area (Å²) in [5.74, 6) is -0.0276. The summed E-state index contributed by atoms with van der Waals surface area (Å²) in [7, 11) is 0. The third-order valence-corrected chi connectivity index (χ3v) is 17.0. The number of ether oxygens (including phenoxy) is 1. The summed E-state index contributed by atoms with van der Waals surface area (Å²) in [6, 6.07) is -0.545. The molecule has 0 aromatic heterocycles. The molecule has 0 aromatic rings. The van der Waals surface area contributed by atoms with Crippen LogP contribution < -0.4 is 5.32 Å². The zero-order valence-electron chi connectivity index (χ0n) is 53.6. The summed E-state index contributed by atoms with van der Waals surface area (Å²) in [4.78, 5) is 24.6. The van der Waals surface area contributed by atoms with Crippen LogP contribution in [0.15, 0.2) is 24.3 Å². The molecule has 3 N–H and O–H groups in total. The van der Waals surface area contributed by atoms with E-state index >= 15 is 0 Å². The number of carbonyl (C=O) groups is 2. The largest absolute Gasteiger partial charge is 0.466 e. The number of allylic oxidation sites excluding steroid dienone is 4. The molecule has 2 unspecified atom stereocenters. The van der Waals surface area contributed by atoms with Crippen LogP contribution in [0, 0.1) is 0 Å². The first-order valence-corrected chi connectivity index (χ1v) is 36.1. The van der Waals surface area contributed by atoms with Crippen LogP contribution in [0.4, 0.5) is 0 Å². The van der Waals surface area contributed by atoms with E-state index in [1.165, 1.54) is 327 Å². The number of carbonyl (C=O) groups excluding carboxylic acids is 2. The zero-order chi connectivity index (χ0) is 57.1. The lowest BCUT2D eigenvalue weighted by atomic mass is 10.0. The van der Waals surface area contributed by atoms with Gasteiger partial charge in [0.2, 0.25) is 5.91 Å². The molecule has 79 heavy (non-hydrogen) atoms. The van der Waals surface area contributed by atoms with Gasteiger partial charge in [0.1, 0.15) is 0 Å². The van der Waals surface area contributed by atoms with Gasteiger partial charge in [-0.1, -0.05) is 340 Å². The van der Waals surface area contributed by atoms with Crippen molar-refractivity contribution in [3.63, 3.8) is 0 Å². The molecule has 2 atom stereocenters. The van der Waals surface area contributed by atoms with E-state index in [1.807, 2.05) is 0 Å². The molecule has 0 heterocycles. The van der Waals surface area contributed by atoms with Crippen LogP contribution in [0.2, 0.25) is 0 Å². The van der Waals surface area contributed by atoms with Gasteiger partial charge in [0, 0.05) is 12.8 Å². The van der Waals surface area contributed by atoms with Crippen molar-refractivity contribution in [3.8, 4) is 0 Å². The molecule has 0 fully saturated rings. The SMILES string of the molecule is CCCCCCC/C=C\CCCCCCCC(=O)OCCCCCCCCCCCCCC/C=C\CCCCCCCCCCCC(=O)NC(CO)C(O)CCCCCCCCCCCCCCCCCCCCCCCCC. The second-order valence-corrected chi connectivity index (χ2v) is 24.9. The summed E-state index contributed by atoms with van der Waals surface area (Å²) < 4.78 is 5.48. The molecule has 468 valence electrons. The lowest BCUT2D eigenvalue weighted by Crippen LogP contribution is -2.45. The first-order chi connectivity index (χ1) is 39.0. The molecule has 6 nitrogen and oxygen atoms in total. The molecule has 0 aliphatic heterocycles. The maximum absolute atomic E-state index is 12.6. The highest BCUT2D eigenvalue weighted by molar-refractivity contribution is 5.76. The molecule has 0 saturated heterocycles. The van der Waals surface area contributed by atoms with E-state index in [0.29, 0.717) is 25.9 Å². The summed E-state index contributed by atoms with van der Waals surface area (Å²) in [6.07, 6.45) is 86.6. The van der Waals surface area contributed by atoms with Crippen molar-refractivity contribution in [2.24, 2.45) is 0 Å². The van der Waals surface area contributed by atoms with Gasteiger partial charge >= 0.3 is 5.97 Å². The first-order valence-electron chi connectivity index (χ1n) is 36.1. The second-order valence-electron chi connectivity index (χ2n) is 24.9. The fraction of sp³-hybridized carbons (Fsp3) is 0.918. The van der Waals surface area contributed by atoms with E-state index in [4.69, 9.17) is 4.74 Å². The van der Waals surface area contributed by atoms with E-state index in [1.54, 1.807) is 0 Å². The topological polar surface area (TPSA) is 95.9 Å². The Balaban J connectivity index is 3.40. The van der Waals surface area contributed by atoms with Crippen molar-refractivity contribution in [1.29, 1.82) is 0 Å². The predicted molar refractivity (Wildman–Crippen MR) is 347 cm³/mol. The second kappa shape index (κ2) is 68.8. The molecule has 0 radical (unpaired) electrons. The number of hydrogen-bond donors (Lipinski definition) is 3. The Kier molecular flexibility index (Phi) is 67.4. The lowest BCUT2D eigenvalue weighted by molar-refractivity contribution is -0.143. The number of hydrogen-bond acceptors (Lipinski definition) is 5. The average molecular weight is 1110 g/mol. The van der Waals surface area contributed by atoms with Crippen molar-refractivity contribution in [3.05, 3.63) is 24.3 Å². The zero-order valence-corrected chi connectivity index (χ0v) is 53.6. The molecule has 0 rings (SSSR count). The highest BCUT2D eigenvalue weighted by Gasteiger charge is 2.20. The van der Waals surface area contributed by atoms with Gasteiger partial charge in [0.25, 0.3) is 0 Å². The van der Waals surface area contributed by atoms with E-state index in [0.717, 1.165) is 44.9 Å². The Labute approximate surface area is 494 Å². The Morgan fingerprint density at radius 1 is 0.342 bits per heavy atom. The molecule has 0 bridgehead atoms. The Hall–Kier alpha value is -1.66. The maximum atomic E-state index is 12.6. The fourth-order valence-corrected chi connectivity index (χ4v) is 11.5. The standard InChI is InChI=1S/C73H141NO5/c1-3-5-7-9-11-13-15-17-19-20-21-22-26-29-32-35-38-41-45-49-53-57-61-65-71(76)70(69-75)74-72(77)66-62-58-54-50-46-42-39-36-33-30-27-24-23-25-28-31-34-37-40-44-48-52-56-60-64-68-79-73(78)67-63-59-55-51-47-43-18-16-14-12-10-8-6-4-2/h16,18,24,27,70-71,75-76H,3-15,17,19-23,25-26,28-69H2,1-2H3,(H,74,77)/b18-16-,27-24-. The molecule has 0 saturated carbocycles. The van der Waals surface area contributed by atoms with Crippen LogP contribution in [-0.2, 0) is 14.3 Å². The van der Waals surface area contributed by atoms with Crippen LogP contribution in [0.3, 0.4) is 0 Å². The summed E-state index contributed by atoms with van der Waals surface area (Å²) in [6.45, 7) is 4.98. The summed E-state index contributed by atoms with van der Waals surface area (Å²) in [5.41, 5.74) is 0. The number of nitrogens with one attached hydrogen (secondary N) is 1. The lowest BCUT2D eigenvalue weighted by Gasteiger charge is -2.22. The van der Waals surface area contributed by atoms with Gasteiger partial charge in [-0.3, -0.25) is 9.59 Å². The van der Waals surface area contributed by atoms with Gasteiger partial charge in [-0.05, 0) is 77.0 Å². The summed E-state index contributed by atoms with van der Waals surface area (Å²) in [5, 5.41) is 23.4. The monoisotopic (exact) mass is 1110 g/mol. The van der Waals surface area contributed by atoms with Crippen LogP contribution >= 0.6 is 0 Å².